The fraction of sp³-hybridized carbons (Fsp3) is 0.200. The van der Waals surface area contributed by atoms with Crippen LogP contribution >= 0.6 is 0 Å². The minimum atomic E-state index is -0.982. The Labute approximate surface area is 190 Å². The first-order valence-electron chi connectivity index (χ1n) is 9.71. The van der Waals surface area contributed by atoms with E-state index in [2.05, 4.69) is 10.7 Å². The smallest absolute Gasteiger partial charge is 0.311 e. The molecule has 1 fully saturated rings. The van der Waals surface area contributed by atoms with E-state index in [1.807, 2.05) is 0 Å². The van der Waals surface area contributed by atoms with Gasteiger partial charge >= 0.3 is 5.97 Å². The highest BCUT2D eigenvalue weighted by molar-refractivity contribution is 5.99. The zero-order chi connectivity index (χ0) is 24.8. The molecular formula is C20H17N5O9. The molecule has 14 heteroatoms. The van der Waals surface area contributed by atoms with E-state index in [0.29, 0.717) is 0 Å². The van der Waals surface area contributed by atoms with Crippen LogP contribution in [0.3, 0.4) is 0 Å². The fourth-order valence-corrected chi connectivity index (χ4v) is 3.13. The summed E-state index contributed by atoms with van der Waals surface area (Å²) >= 11 is 0. The van der Waals surface area contributed by atoms with Gasteiger partial charge in [-0.3, -0.25) is 49.8 Å². The number of hydrogen-bond acceptors (Lipinski definition) is 9. The number of nitrogens with one attached hydrogen (secondary N) is 2. The summed E-state index contributed by atoms with van der Waals surface area (Å²) in [4.78, 5) is 69.3. The van der Waals surface area contributed by atoms with Crippen molar-refractivity contribution in [2.24, 2.45) is 5.92 Å². The Kier molecular flexibility index (Phi) is 7.10. The summed E-state index contributed by atoms with van der Waals surface area (Å²) in [6, 6.07) is 10.3. The first-order chi connectivity index (χ1) is 16.2. The van der Waals surface area contributed by atoms with Crippen molar-refractivity contribution in [1.29, 1.82) is 0 Å². The lowest BCUT2D eigenvalue weighted by molar-refractivity contribution is -0.385. The van der Waals surface area contributed by atoms with E-state index in [1.165, 1.54) is 36.4 Å². The number of anilines is 1. The number of ether oxygens (including phenoxy) is 1. The summed E-state index contributed by atoms with van der Waals surface area (Å²) in [5.74, 6) is -4.12. The Balaban J connectivity index is 1.52. The summed E-state index contributed by atoms with van der Waals surface area (Å²) < 4.78 is 4.91. The standard InChI is InChI=1S/C20H17N5O9/c26-17(21-13-4-3-5-14(9-13)24(30)31)11-34-20(29)12-8-18(27)23(10-12)22-19(28)15-6-1-2-7-16(15)25(32)33/h1-7,9,12H,8,10-11H2,(H,21,26)(H,22,28)/t12-/m1/s1. The molecule has 0 bridgehead atoms. The third-order valence-electron chi connectivity index (χ3n) is 4.73. The Hall–Kier alpha value is -4.88. The van der Waals surface area contributed by atoms with Crippen LogP contribution < -0.4 is 10.7 Å². The molecule has 1 heterocycles. The van der Waals surface area contributed by atoms with Crippen LogP contribution in [0.1, 0.15) is 16.8 Å². The number of benzene rings is 2. The van der Waals surface area contributed by atoms with Gasteiger partial charge in [0.25, 0.3) is 23.2 Å². The zero-order valence-corrected chi connectivity index (χ0v) is 17.3. The second-order valence-electron chi connectivity index (χ2n) is 7.08. The summed E-state index contributed by atoms with van der Waals surface area (Å²) in [5, 5.41) is 25.1. The van der Waals surface area contributed by atoms with E-state index in [9.17, 15) is 39.4 Å². The third kappa shape index (κ3) is 5.67. The van der Waals surface area contributed by atoms with Crippen LogP contribution in [0.4, 0.5) is 17.1 Å². The maximum atomic E-state index is 12.4. The number of nitro benzene ring substituents is 2. The molecule has 2 aromatic rings. The summed E-state index contributed by atoms with van der Waals surface area (Å²) in [6.45, 7) is -0.953. The van der Waals surface area contributed by atoms with Crippen molar-refractivity contribution in [1.82, 2.24) is 10.4 Å². The van der Waals surface area contributed by atoms with Crippen molar-refractivity contribution < 1.29 is 33.8 Å². The first-order valence-corrected chi connectivity index (χ1v) is 9.71. The van der Waals surface area contributed by atoms with Crippen LogP contribution in [0.25, 0.3) is 0 Å². The van der Waals surface area contributed by atoms with Crippen LogP contribution in [-0.4, -0.2) is 51.7 Å². The van der Waals surface area contributed by atoms with Crippen molar-refractivity contribution in [3.63, 3.8) is 0 Å². The molecule has 1 saturated heterocycles. The van der Waals surface area contributed by atoms with Crippen molar-refractivity contribution in [3.05, 3.63) is 74.3 Å². The van der Waals surface area contributed by atoms with Gasteiger partial charge in [0.1, 0.15) is 5.56 Å². The summed E-state index contributed by atoms with van der Waals surface area (Å²) in [6.07, 6.45) is -0.303. The molecule has 2 aromatic carbocycles. The van der Waals surface area contributed by atoms with E-state index in [0.717, 1.165) is 17.1 Å². The fourth-order valence-electron chi connectivity index (χ4n) is 3.13. The van der Waals surface area contributed by atoms with E-state index in [1.54, 1.807) is 0 Å². The van der Waals surface area contributed by atoms with Crippen molar-refractivity contribution >= 4 is 40.8 Å². The average Bonchev–Trinajstić information content (AvgIpc) is 3.17. The minimum Gasteiger partial charge on any atom is -0.455 e. The SMILES string of the molecule is O=C(COC(=O)[C@@H]1CC(=O)N(NC(=O)c2ccccc2[N+](=O)[O-])C1)Nc1cccc([N+](=O)[O-])c1. The number of nitro groups is 2. The van der Waals surface area contributed by atoms with Crippen molar-refractivity contribution in [2.45, 2.75) is 6.42 Å². The van der Waals surface area contributed by atoms with Crippen LogP contribution in [0.2, 0.25) is 0 Å². The second kappa shape index (κ2) is 10.2. The quantitative estimate of drug-likeness (QED) is 0.323. The van der Waals surface area contributed by atoms with Gasteiger partial charge in [0, 0.05) is 30.3 Å². The molecule has 14 nitrogen and oxygen atoms in total. The monoisotopic (exact) mass is 471 g/mol. The lowest BCUT2D eigenvalue weighted by atomic mass is 10.1. The van der Waals surface area contributed by atoms with Gasteiger partial charge < -0.3 is 10.1 Å². The lowest BCUT2D eigenvalue weighted by Gasteiger charge is -2.17. The van der Waals surface area contributed by atoms with Gasteiger partial charge in [-0.15, -0.1) is 0 Å². The van der Waals surface area contributed by atoms with Crippen LogP contribution in [0, 0.1) is 26.1 Å². The molecule has 34 heavy (non-hydrogen) atoms. The number of para-hydroxylation sites is 1. The Morgan fingerprint density at radius 1 is 1.06 bits per heavy atom. The number of hydrogen-bond donors (Lipinski definition) is 2. The van der Waals surface area contributed by atoms with Gasteiger partial charge in [0.2, 0.25) is 5.91 Å². The molecule has 176 valence electrons. The number of hydrazine groups is 1. The highest BCUT2D eigenvalue weighted by atomic mass is 16.6. The number of carbonyl (C=O) groups excluding carboxylic acids is 4. The van der Waals surface area contributed by atoms with Gasteiger partial charge in [-0.1, -0.05) is 18.2 Å². The van der Waals surface area contributed by atoms with E-state index < -0.39 is 51.7 Å². The Morgan fingerprint density at radius 2 is 1.79 bits per heavy atom. The number of non-ortho nitro benzene ring substituents is 1. The molecule has 3 rings (SSSR count). The summed E-state index contributed by atoms with van der Waals surface area (Å²) in [7, 11) is 0. The molecule has 0 aromatic heterocycles. The molecule has 0 unspecified atom stereocenters. The maximum absolute atomic E-state index is 12.4. The number of esters is 1. The Morgan fingerprint density at radius 3 is 2.50 bits per heavy atom. The molecule has 1 atom stereocenters. The minimum absolute atomic E-state index is 0.134. The number of carbonyl (C=O) groups is 4. The molecule has 0 aliphatic carbocycles. The van der Waals surface area contributed by atoms with Gasteiger partial charge in [-0.2, -0.15) is 0 Å². The highest BCUT2D eigenvalue weighted by Crippen LogP contribution is 2.21. The Bertz CT molecular complexity index is 1180. The van der Waals surface area contributed by atoms with Crippen LogP contribution in [0.5, 0.6) is 0 Å². The van der Waals surface area contributed by atoms with Gasteiger partial charge in [0.15, 0.2) is 6.61 Å². The average molecular weight is 471 g/mol. The zero-order valence-electron chi connectivity index (χ0n) is 17.3. The van der Waals surface area contributed by atoms with Crippen molar-refractivity contribution in [3.8, 4) is 0 Å². The first kappa shape index (κ1) is 23.8. The van der Waals surface area contributed by atoms with Gasteiger partial charge in [-0.05, 0) is 12.1 Å². The predicted octanol–water partition coefficient (Wildman–Crippen LogP) is 1.18. The topological polar surface area (TPSA) is 191 Å². The second-order valence-corrected chi connectivity index (χ2v) is 7.08. The molecular weight excluding hydrogens is 454 g/mol. The predicted molar refractivity (Wildman–Crippen MR) is 113 cm³/mol. The third-order valence-corrected chi connectivity index (χ3v) is 4.73. The number of amides is 3. The number of rotatable bonds is 8. The highest BCUT2D eigenvalue weighted by Gasteiger charge is 2.37. The molecule has 2 N–H and O–H groups in total. The van der Waals surface area contributed by atoms with E-state index in [-0.39, 0.29) is 29.9 Å². The van der Waals surface area contributed by atoms with Gasteiger partial charge in [0.05, 0.1) is 22.3 Å². The largest absolute Gasteiger partial charge is 0.455 e. The summed E-state index contributed by atoms with van der Waals surface area (Å²) in [5.41, 5.74) is 1.43. The maximum Gasteiger partial charge on any atom is 0.311 e. The molecule has 0 spiro atoms. The normalized spacial score (nSPS) is 14.9. The van der Waals surface area contributed by atoms with Crippen molar-refractivity contribution in [2.75, 3.05) is 18.5 Å². The van der Waals surface area contributed by atoms with E-state index >= 15 is 0 Å². The van der Waals surface area contributed by atoms with Crippen LogP contribution in [-0.2, 0) is 19.1 Å². The van der Waals surface area contributed by atoms with E-state index in [4.69, 9.17) is 4.74 Å². The molecule has 1 aliphatic heterocycles. The molecule has 1 aliphatic rings. The van der Waals surface area contributed by atoms with Crippen LogP contribution in [0.15, 0.2) is 48.5 Å². The molecule has 0 radical (unpaired) electrons. The number of nitrogens with zero attached hydrogens (tertiary/aromatic N) is 3. The molecule has 3 amide bonds. The molecule has 0 saturated carbocycles. The lowest BCUT2D eigenvalue weighted by Crippen LogP contribution is -2.43. The van der Waals surface area contributed by atoms with Gasteiger partial charge in [-0.25, -0.2) is 0 Å².